The van der Waals surface area contributed by atoms with E-state index < -0.39 is 0 Å². The maximum Gasteiger partial charge on any atom is 0.226 e. The summed E-state index contributed by atoms with van der Waals surface area (Å²) in [6, 6.07) is 10.2. The summed E-state index contributed by atoms with van der Waals surface area (Å²) in [6.07, 6.45) is 5.25. The van der Waals surface area contributed by atoms with Crippen molar-refractivity contribution in [1.82, 2.24) is 10.1 Å². The van der Waals surface area contributed by atoms with Crippen LogP contribution in [0.25, 0.3) is 0 Å². The number of aryl methyl sites for hydroxylation is 1. The molecule has 0 amide bonds. The standard InChI is InChI=1S/C15H19N3O/c16-13(11-5-2-1-3-6-11)9-10-14-17-15(18-19-14)12-7-4-8-12/h1-3,5-6,12-13H,4,7-10,16H2. The van der Waals surface area contributed by atoms with Crippen LogP contribution in [-0.4, -0.2) is 10.1 Å². The first-order chi connectivity index (χ1) is 9.33. The van der Waals surface area contributed by atoms with Crippen molar-refractivity contribution in [3.63, 3.8) is 0 Å². The van der Waals surface area contributed by atoms with Crippen molar-refractivity contribution < 1.29 is 4.52 Å². The van der Waals surface area contributed by atoms with Crippen LogP contribution >= 0.6 is 0 Å². The molecule has 4 nitrogen and oxygen atoms in total. The van der Waals surface area contributed by atoms with Gasteiger partial charge in [-0.05, 0) is 24.8 Å². The summed E-state index contributed by atoms with van der Waals surface area (Å²) in [5.41, 5.74) is 7.31. The zero-order valence-corrected chi connectivity index (χ0v) is 11.0. The smallest absolute Gasteiger partial charge is 0.226 e. The second-order valence-corrected chi connectivity index (χ2v) is 5.23. The van der Waals surface area contributed by atoms with Crippen LogP contribution < -0.4 is 5.73 Å². The molecule has 1 aliphatic rings. The fourth-order valence-electron chi connectivity index (χ4n) is 2.35. The zero-order valence-electron chi connectivity index (χ0n) is 11.0. The van der Waals surface area contributed by atoms with Gasteiger partial charge in [-0.25, -0.2) is 0 Å². The average molecular weight is 257 g/mol. The molecule has 1 aromatic heterocycles. The highest BCUT2D eigenvalue weighted by Crippen LogP contribution is 2.34. The van der Waals surface area contributed by atoms with E-state index in [9.17, 15) is 0 Å². The van der Waals surface area contributed by atoms with Crippen molar-refractivity contribution in [1.29, 1.82) is 0 Å². The van der Waals surface area contributed by atoms with Gasteiger partial charge in [0.05, 0.1) is 0 Å². The van der Waals surface area contributed by atoms with Gasteiger partial charge in [0.25, 0.3) is 0 Å². The van der Waals surface area contributed by atoms with Gasteiger partial charge in [0, 0.05) is 18.4 Å². The first kappa shape index (κ1) is 12.4. The highest BCUT2D eigenvalue weighted by atomic mass is 16.5. The number of hydrogen-bond donors (Lipinski definition) is 1. The maximum atomic E-state index is 6.16. The van der Waals surface area contributed by atoms with Gasteiger partial charge in [0.1, 0.15) is 0 Å². The summed E-state index contributed by atoms with van der Waals surface area (Å²) in [5, 5.41) is 4.06. The molecule has 1 heterocycles. The summed E-state index contributed by atoms with van der Waals surface area (Å²) in [5.74, 6) is 2.13. The average Bonchev–Trinajstić information content (AvgIpc) is 2.83. The van der Waals surface area contributed by atoms with Crippen molar-refractivity contribution >= 4 is 0 Å². The number of nitrogens with two attached hydrogens (primary N) is 1. The molecular weight excluding hydrogens is 238 g/mol. The third-order valence-electron chi connectivity index (χ3n) is 3.85. The van der Waals surface area contributed by atoms with Crippen molar-refractivity contribution in [2.75, 3.05) is 0 Å². The van der Waals surface area contributed by atoms with E-state index in [1.165, 1.54) is 19.3 Å². The number of aromatic nitrogens is 2. The number of benzene rings is 1. The molecule has 1 aromatic carbocycles. The van der Waals surface area contributed by atoms with Crippen molar-refractivity contribution in [2.45, 2.75) is 44.1 Å². The second-order valence-electron chi connectivity index (χ2n) is 5.23. The minimum absolute atomic E-state index is 0.0280. The van der Waals surface area contributed by atoms with Crippen LogP contribution in [0.4, 0.5) is 0 Å². The molecule has 3 rings (SSSR count). The van der Waals surface area contributed by atoms with Crippen LogP contribution in [-0.2, 0) is 6.42 Å². The Morgan fingerprint density at radius 3 is 2.74 bits per heavy atom. The summed E-state index contributed by atoms with van der Waals surface area (Å²) in [7, 11) is 0. The summed E-state index contributed by atoms with van der Waals surface area (Å²) >= 11 is 0. The van der Waals surface area contributed by atoms with Gasteiger partial charge < -0.3 is 10.3 Å². The fraction of sp³-hybridized carbons (Fsp3) is 0.467. The van der Waals surface area contributed by atoms with Crippen LogP contribution in [0.3, 0.4) is 0 Å². The fourth-order valence-corrected chi connectivity index (χ4v) is 2.35. The first-order valence-electron chi connectivity index (χ1n) is 6.96. The molecule has 4 heteroatoms. The van der Waals surface area contributed by atoms with E-state index in [0.29, 0.717) is 11.8 Å². The zero-order chi connectivity index (χ0) is 13.1. The van der Waals surface area contributed by atoms with E-state index >= 15 is 0 Å². The SMILES string of the molecule is NC(CCc1nc(C2CCC2)no1)c1ccccc1. The molecule has 0 radical (unpaired) electrons. The Kier molecular flexibility index (Phi) is 3.60. The van der Waals surface area contributed by atoms with Gasteiger partial charge in [0.2, 0.25) is 5.89 Å². The maximum absolute atomic E-state index is 6.16. The molecule has 0 bridgehead atoms. The van der Waals surface area contributed by atoms with E-state index in [-0.39, 0.29) is 6.04 Å². The lowest BCUT2D eigenvalue weighted by Crippen LogP contribution is -2.12. The van der Waals surface area contributed by atoms with Crippen LogP contribution in [0.1, 0.15) is 54.9 Å². The lowest BCUT2D eigenvalue weighted by atomic mass is 9.85. The Morgan fingerprint density at radius 2 is 2.05 bits per heavy atom. The Balaban J connectivity index is 1.55. The first-order valence-corrected chi connectivity index (χ1v) is 6.96. The summed E-state index contributed by atoms with van der Waals surface area (Å²) in [6.45, 7) is 0. The highest BCUT2D eigenvalue weighted by Gasteiger charge is 2.24. The molecule has 1 saturated carbocycles. The molecule has 1 atom stereocenters. The Morgan fingerprint density at radius 1 is 1.26 bits per heavy atom. The van der Waals surface area contributed by atoms with Gasteiger partial charge in [-0.2, -0.15) is 4.98 Å². The summed E-state index contributed by atoms with van der Waals surface area (Å²) in [4.78, 5) is 4.46. The molecule has 1 unspecified atom stereocenters. The molecule has 19 heavy (non-hydrogen) atoms. The van der Waals surface area contributed by atoms with E-state index in [4.69, 9.17) is 10.3 Å². The largest absolute Gasteiger partial charge is 0.339 e. The summed E-state index contributed by atoms with van der Waals surface area (Å²) < 4.78 is 5.29. The number of hydrogen-bond acceptors (Lipinski definition) is 4. The minimum atomic E-state index is 0.0280. The third kappa shape index (κ3) is 2.84. The van der Waals surface area contributed by atoms with Crippen LogP contribution in [0.5, 0.6) is 0 Å². The van der Waals surface area contributed by atoms with Crippen LogP contribution in [0, 0.1) is 0 Å². The van der Waals surface area contributed by atoms with Gasteiger partial charge >= 0.3 is 0 Å². The van der Waals surface area contributed by atoms with E-state index in [1.807, 2.05) is 18.2 Å². The van der Waals surface area contributed by atoms with Crippen LogP contribution in [0.2, 0.25) is 0 Å². The minimum Gasteiger partial charge on any atom is -0.339 e. The predicted octanol–water partition coefficient (Wildman–Crippen LogP) is 2.97. The normalized spacial score (nSPS) is 17.1. The van der Waals surface area contributed by atoms with Gasteiger partial charge in [0.15, 0.2) is 5.82 Å². The Bertz CT molecular complexity index is 519. The molecule has 2 aromatic rings. The predicted molar refractivity (Wildman–Crippen MR) is 72.6 cm³/mol. The van der Waals surface area contributed by atoms with Gasteiger partial charge in [-0.1, -0.05) is 41.9 Å². The van der Waals surface area contributed by atoms with E-state index in [2.05, 4.69) is 22.3 Å². The molecule has 2 N–H and O–H groups in total. The number of nitrogens with zero attached hydrogens (tertiary/aromatic N) is 2. The molecule has 100 valence electrons. The van der Waals surface area contributed by atoms with Crippen molar-refractivity contribution in [2.24, 2.45) is 5.73 Å². The number of rotatable bonds is 5. The van der Waals surface area contributed by atoms with Crippen molar-refractivity contribution in [3.05, 3.63) is 47.6 Å². The van der Waals surface area contributed by atoms with E-state index in [0.717, 1.165) is 24.2 Å². The lowest BCUT2D eigenvalue weighted by Gasteiger charge is -2.20. The third-order valence-corrected chi connectivity index (χ3v) is 3.85. The molecule has 0 saturated heterocycles. The van der Waals surface area contributed by atoms with Crippen molar-refractivity contribution in [3.8, 4) is 0 Å². The molecule has 0 aliphatic heterocycles. The lowest BCUT2D eigenvalue weighted by molar-refractivity contribution is 0.344. The highest BCUT2D eigenvalue weighted by molar-refractivity contribution is 5.18. The Labute approximate surface area is 113 Å². The van der Waals surface area contributed by atoms with Gasteiger partial charge in [-0.3, -0.25) is 0 Å². The van der Waals surface area contributed by atoms with Crippen LogP contribution in [0.15, 0.2) is 34.9 Å². The molecule has 1 aliphatic carbocycles. The van der Waals surface area contributed by atoms with E-state index in [1.54, 1.807) is 0 Å². The van der Waals surface area contributed by atoms with Gasteiger partial charge in [-0.15, -0.1) is 0 Å². The monoisotopic (exact) mass is 257 g/mol. The second kappa shape index (κ2) is 5.53. The quantitative estimate of drug-likeness (QED) is 0.894. The molecular formula is C15H19N3O. The topological polar surface area (TPSA) is 64.9 Å². The molecule has 0 spiro atoms. The molecule has 1 fully saturated rings. The Hall–Kier alpha value is -1.68.